The van der Waals surface area contributed by atoms with Crippen LogP contribution in [-0.2, 0) is 12.0 Å². The Morgan fingerprint density at radius 1 is 1.17 bits per heavy atom. The summed E-state index contributed by atoms with van der Waals surface area (Å²) >= 11 is 0. The molecule has 1 unspecified atom stereocenters. The third-order valence-electron chi connectivity index (χ3n) is 4.88. The fourth-order valence-corrected chi connectivity index (χ4v) is 3.84. The molecular formula is C17H23N. The molecule has 2 aliphatic rings. The van der Waals surface area contributed by atoms with Crippen molar-refractivity contribution in [3.05, 3.63) is 47.5 Å². The first-order valence-electron chi connectivity index (χ1n) is 7.19. The Morgan fingerprint density at radius 2 is 2.00 bits per heavy atom. The van der Waals surface area contributed by atoms with Gasteiger partial charge in [-0.15, -0.1) is 0 Å². The molecule has 0 saturated heterocycles. The second-order valence-electron chi connectivity index (χ2n) is 5.99. The van der Waals surface area contributed by atoms with E-state index in [4.69, 9.17) is 0 Å². The zero-order valence-corrected chi connectivity index (χ0v) is 11.4. The van der Waals surface area contributed by atoms with E-state index in [1.807, 2.05) is 0 Å². The van der Waals surface area contributed by atoms with E-state index >= 15 is 0 Å². The van der Waals surface area contributed by atoms with Gasteiger partial charge in [-0.25, -0.2) is 0 Å². The maximum Gasteiger partial charge on any atom is 0.0497 e. The van der Waals surface area contributed by atoms with Crippen LogP contribution in [0.1, 0.15) is 43.2 Å². The number of benzene rings is 1. The van der Waals surface area contributed by atoms with Crippen LogP contribution < -0.4 is 0 Å². The molecule has 18 heavy (non-hydrogen) atoms. The van der Waals surface area contributed by atoms with Crippen LogP contribution in [0.3, 0.4) is 0 Å². The van der Waals surface area contributed by atoms with Gasteiger partial charge >= 0.3 is 0 Å². The Balaban J connectivity index is 2.10. The Labute approximate surface area is 111 Å². The Morgan fingerprint density at radius 3 is 2.89 bits per heavy atom. The molecule has 0 aromatic heterocycles. The first kappa shape index (κ1) is 12.0. The van der Waals surface area contributed by atoms with Crippen molar-refractivity contribution in [3.8, 4) is 0 Å². The number of hydrogen-bond donors (Lipinski definition) is 0. The summed E-state index contributed by atoms with van der Waals surface area (Å²) < 4.78 is 0. The van der Waals surface area contributed by atoms with E-state index in [0.717, 1.165) is 6.42 Å². The Bertz CT molecular complexity index is 462. The number of nitrogens with zero attached hydrogens (tertiary/aromatic N) is 1. The molecule has 96 valence electrons. The van der Waals surface area contributed by atoms with E-state index in [9.17, 15) is 0 Å². The first-order valence-corrected chi connectivity index (χ1v) is 7.19. The molecule has 1 heterocycles. The van der Waals surface area contributed by atoms with Crippen molar-refractivity contribution in [2.24, 2.45) is 0 Å². The Kier molecular flexibility index (Phi) is 3.03. The summed E-state index contributed by atoms with van der Waals surface area (Å²) in [6.45, 7) is 5.49. The molecule has 1 aliphatic carbocycles. The van der Waals surface area contributed by atoms with E-state index in [1.54, 1.807) is 11.1 Å². The van der Waals surface area contributed by atoms with Crippen LogP contribution in [-0.4, -0.2) is 18.5 Å². The van der Waals surface area contributed by atoms with Crippen LogP contribution in [0.25, 0.3) is 0 Å². The molecule has 1 aromatic carbocycles. The summed E-state index contributed by atoms with van der Waals surface area (Å²) in [6.07, 6.45) is 7.51. The summed E-state index contributed by atoms with van der Waals surface area (Å²) in [7, 11) is 2.30. The van der Waals surface area contributed by atoms with Crippen molar-refractivity contribution in [1.82, 2.24) is 4.90 Å². The van der Waals surface area contributed by atoms with Crippen LogP contribution in [0.5, 0.6) is 0 Å². The second kappa shape index (κ2) is 4.55. The molecule has 1 heteroatoms. The highest BCUT2D eigenvalue weighted by atomic mass is 15.2. The molecule has 1 aliphatic heterocycles. The van der Waals surface area contributed by atoms with E-state index in [1.165, 1.54) is 44.2 Å². The molecule has 1 saturated carbocycles. The highest BCUT2D eigenvalue weighted by molar-refractivity contribution is 5.38. The average molecular weight is 241 g/mol. The molecule has 1 atom stereocenters. The fraction of sp³-hybridized carbons (Fsp3) is 0.529. The molecule has 1 aromatic rings. The molecule has 1 fully saturated rings. The average Bonchev–Trinajstić information content (AvgIpc) is 2.58. The minimum Gasteiger partial charge on any atom is -0.296 e. The van der Waals surface area contributed by atoms with Gasteiger partial charge in [0.25, 0.3) is 0 Å². The maximum absolute atomic E-state index is 4.30. The van der Waals surface area contributed by atoms with Gasteiger partial charge < -0.3 is 0 Å². The van der Waals surface area contributed by atoms with Gasteiger partial charge in [-0.05, 0) is 50.3 Å². The van der Waals surface area contributed by atoms with Gasteiger partial charge in [0.05, 0.1) is 0 Å². The molecule has 0 radical (unpaired) electrons. The largest absolute Gasteiger partial charge is 0.296 e. The SMILES string of the molecule is C=C1CCCCC2(C1)c1ccccc1CCN2C. The van der Waals surface area contributed by atoms with E-state index in [0.29, 0.717) is 0 Å². The summed E-state index contributed by atoms with van der Waals surface area (Å²) in [5.41, 5.74) is 4.81. The van der Waals surface area contributed by atoms with E-state index < -0.39 is 0 Å². The third kappa shape index (κ3) is 1.81. The molecule has 0 bridgehead atoms. The van der Waals surface area contributed by atoms with Gasteiger partial charge in [-0.3, -0.25) is 4.90 Å². The zero-order valence-electron chi connectivity index (χ0n) is 11.4. The fourth-order valence-electron chi connectivity index (χ4n) is 3.84. The number of hydrogen-bond acceptors (Lipinski definition) is 1. The minimum absolute atomic E-state index is 0.239. The summed E-state index contributed by atoms with van der Waals surface area (Å²) in [5.74, 6) is 0. The van der Waals surface area contributed by atoms with Crippen molar-refractivity contribution < 1.29 is 0 Å². The van der Waals surface area contributed by atoms with Crippen molar-refractivity contribution in [2.75, 3.05) is 13.6 Å². The summed E-state index contributed by atoms with van der Waals surface area (Å²) in [4.78, 5) is 2.59. The lowest BCUT2D eigenvalue weighted by atomic mass is 9.75. The quantitative estimate of drug-likeness (QED) is 0.623. The molecule has 1 nitrogen and oxygen atoms in total. The molecule has 3 rings (SSSR count). The number of fused-ring (bicyclic) bond motifs is 2. The van der Waals surface area contributed by atoms with Gasteiger partial charge in [0, 0.05) is 12.1 Å². The smallest absolute Gasteiger partial charge is 0.0497 e. The lowest BCUT2D eigenvalue weighted by molar-refractivity contribution is 0.0950. The Hall–Kier alpha value is -1.08. The van der Waals surface area contributed by atoms with Crippen molar-refractivity contribution in [2.45, 2.75) is 44.1 Å². The molecule has 0 N–H and O–H groups in total. The predicted molar refractivity (Wildman–Crippen MR) is 76.7 cm³/mol. The zero-order chi connectivity index (χ0) is 12.6. The molecule has 0 amide bonds. The summed E-state index contributed by atoms with van der Waals surface area (Å²) in [6, 6.07) is 9.05. The predicted octanol–water partition coefficient (Wildman–Crippen LogP) is 3.89. The third-order valence-corrected chi connectivity index (χ3v) is 4.88. The van der Waals surface area contributed by atoms with Crippen LogP contribution in [0, 0.1) is 0 Å². The lowest BCUT2D eigenvalue weighted by Crippen LogP contribution is -2.48. The molecular weight excluding hydrogens is 218 g/mol. The van der Waals surface area contributed by atoms with Gasteiger partial charge in [-0.1, -0.05) is 42.8 Å². The van der Waals surface area contributed by atoms with Crippen LogP contribution in [0.4, 0.5) is 0 Å². The van der Waals surface area contributed by atoms with E-state index in [2.05, 4.69) is 42.8 Å². The summed E-state index contributed by atoms with van der Waals surface area (Å²) in [5, 5.41) is 0. The van der Waals surface area contributed by atoms with Gasteiger partial charge in [0.1, 0.15) is 0 Å². The monoisotopic (exact) mass is 241 g/mol. The highest BCUT2D eigenvalue weighted by Crippen LogP contribution is 2.45. The number of rotatable bonds is 0. The second-order valence-corrected chi connectivity index (χ2v) is 5.99. The van der Waals surface area contributed by atoms with Gasteiger partial charge in [-0.2, -0.15) is 0 Å². The van der Waals surface area contributed by atoms with E-state index in [-0.39, 0.29) is 5.54 Å². The number of likely N-dealkylation sites (N-methyl/N-ethyl adjacent to an activating group) is 1. The van der Waals surface area contributed by atoms with Crippen molar-refractivity contribution >= 4 is 0 Å². The van der Waals surface area contributed by atoms with Gasteiger partial charge in [0.2, 0.25) is 0 Å². The van der Waals surface area contributed by atoms with Gasteiger partial charge in [0.15, 0.2) is 0 Å². The van der Waals surface area contributed by atoms with Crippen molar-refractivity contribution in [1.29, 1.82) is 0 Å². The van der Waals surface area contributed by atoms with Crippen LogP contribution >= 0.6 is 0 Å². The minimum atomic E-state index is 0.239. The first-order chi connectivity index (χ1) is 8.72. The van der Waals surface area contributed by atoms with Crippen LogP contribution in [0.2, 0.25) is 0 Å². The highest BCUT2D eigenvalue weighted by Gasteiger charge is 2.41. The standard InChI is InChI=1S/C17H23N/c1-14-7-5-6-11-17(13-14)16-9-4-3-8-15(16)10-12-18(17)2/h3-4,8-9H,1,5-7,10-13H2,2H3. The topological polar surface area (TPSA) is 3.24 Å². The maximum atomic E-state index is 4.30. The molecule has 1 spiro atoms. The van der Waals surface area contributed by atoms with Crippen LogP contribution in [0.15, 0.2) is 36.4 Å². The normalized spacial score (nSPS) is 29.1. The lowest BCUT2D eigenvalue weighted by Gasteiger charge is -2.47. The van der Waals surface area contributed by atoms with Crippen molar-refractivity contribution in [3.63, 3.8) is 0 Å².